The second-order valence-electron chi connectivity index (χ2n) is 5.15. The van der Waals surface area contributed by atoms with E-state index in [1.54, 1.807) is 6.07 Å². The second kappa shape index (κ2) is 6.62. The molecule has 1 aliphatic carbocycles. The lowest BCUT2D eigenvalue weighted by Gasteiger charge is -2.22. The standard InChI is InChI=1S/C14H18INO4S/c1-2-3-8-16(10-4-5-10)21(19,20)11-6-7-13(15)12(9-11)14(17)18/h6-7,9-10H,2-5,8H2,1H3,(H,17,18). The zero-order valence-electron chi connectivity index (χ0n) is 11.8. The number of unbranched alkanes of at least 4 members (excludes halogenated alkanes) is 1. The number of carboxylic acid groups (broad SMARTS) is 1. The Morgan fingerprint density at radius 2 is 2.10 bits per heavy atom. The summed E-state index contributed by atoms with van der Waals surface area (Å²) in [6.07, 6.45) is 3.51. The summed E-state index contributed by atoms with van der Waals surface area (Å²) in [5.74, 6) is -1.11. The van der Waals surface area contributed by atoms with Gasteiger partial charge in [0.05, 0.1) is 10.5 Å². The van der Waals surface area contributed by atoms with E-state index < -0.39 is 16.0 Å². The summed E-state index contributed by atoms with van der Waals surface area (Å²) in [6.45, 7) is 2.52. The van der Waals surface area contributed by atoms with Gasteiger partial charge in [0.2, 0.25) is 10.0 Å². The van der Waals surface area contributed by atoms with E-state index in [0.717, 1.165) is 25.7 Å². The van der Waals surface area contributed by atoms with Crippen molar-refractivity contribution in [1.82, 2.24) is 4.31 Å². The minimum atomic E-state index is -3.62. The molecular weight excluding hydrogens is 405 g/mol. The van der Waals surface area contributed by atoms with Gasteiger partial charge in [0.1, 0.15) is 0 Å². The monoisotopic (exact) mass is 423 g/mol. The van der Waals surface area contributed by atoms with Gasteiger partial charge in [0.25, 0.3) is 0 Å². The fourth-order valence-corrected chi connectivity index (χ4v) is 4.46. The van der Waals surface area contributed by atoms with Gasteiger partial charge in [-0.1, -0.05) is 13.3 Å². The Kier molecular flexibility index (Phi) is 5.26. The summed E-state index contributed by atoms with van der Waals surface area (Å²) in [7, 11) is -3.62. The summed E-state index contributed by atoms with van der Waals surface area (Å²) in [4.78, 5) is 11.2. The van der Waals surface area contributed by atoms with Crippen LogP contribution in [0.1, 0.15) is 43.0 Å². The second-order valence-corrected chi connectivity index (χ2v) is 8.20. The predicted octanol–water partition coefficient (Wildman–Crippen LogP) is 2.94. The van der Waals surface area contributed by atoms with Crippen LogP contribution < -0.4 is 0 Å². The summed E-state index contributed by atoms with van der Waals surface area (Å²) in [5.41, 5.74) is 0.0305. The first kappa shape index (κ1) is 16.7. The van der Waals surface area contributed by atoms with E-state index in [4.69, 9.17) is 5.11 Å². The molecule has 0 saturated heterocycles. The molecule has 0 aromatic heterocycles. The van der Waals surface area contributed by atoms with Crippen molar-refractivity contribution in [1.29, 1.82) is 0 Å². The number of benzene rings is 1. The average Bonchev–Trinajstić information content (AvgIpc) is 3.23. The number of halogens is 1. The van der Waals surface area contributed by atoms with Crippen molar-refractivity contribution in [2.24, 2.45) is 0 Å². The van der Waals surface area contributed by atoms with Crippen LogP contribution >= 0.6 is 22.6 Å². The topological polar surface area (TPSA) is 74.7 Å². The Morgan fingerprint density at radius 1 is 1.43 bits per heavy atom. The molecule has 0 aliphatic heterocycles. The van der Waals surface area contributed by atoms with E-state index in [2.05, 4.69) is 0 Å². The van der Waals surface area contributed by atoms with Crippen molar-refractivity contribution in [3.05, 3.63) is 27.3 Å². The predicted molar refractivity (Wildman–Crippen MR) is 87.9 cm³/mol. The molecule has 1 fully saturated rings. The van der Waals surface area contributed by atoms with Crippen molar-refractivity contribution in [3.63, 3.8) is 0 Å². The van der Waals surface area contributed by atoms with E-state index >= 15 is 0 Å². The number of carbonyl (C=O) groups is 1. The van der Waals surface area contributed by atoms with Crippen molar-refractivity contribution >= 4 is 38.6 Å². The van der Waals surface area contributed by atoms with Gasteiger partial charge in [0.15, 0.2) is 0 Å². The number of rotatable bonds is 7. The van der Waals surface area contributed by atoms with Crippen molar-refractivity contribution in [2.45, 2.75) is 43.5 Å². The van der Waals surface area contributed by atoms with Crippen LogP contribution in [0.15, 0.2) is 23.1 Å². The lowest BCUT2D eigenvalue weighted by atomic mass is 10.2. The molecule has 0 bridgehead atoms. The maximum Gasteiger partial charge on any atom is 0.336 e. The van der Waals surface area contributed by atoms with Crippen LogP contribution in [0.25, 0.3) is 0 Å². The molecule has 2 rings (SSSR count). The van der Waals surface area contributed by atoms with Crippen LogP contribution in [0.4, 0.5) is 0 Å². The normalized spacial score (nSPS) is 15.4. The molecular formula is C14H18INO4S. The van der Waals surface area contributed by atoms with Gasteiger partial charge in [-0.3, -0.25) is 0 Å². The number of sulfonamides is 1. The van der Waals surface area contributed by atoms with Crippen LogP contribution in [-0.4, -0.2) is 36.4 Å². The highest BCUT2D eigenvalue weighted by Crippen LogP contribution is 2.33. The lowest BCUT2D eigenvalue weighted by molar-refractivity contribution is 0.0695. The van der Waals surface area contributed by atoms with Gasteiger partial charge in [-0.05, 0) is 60.1 Å². The van der Waals surface area contributed by atoms with E-state index in [-0.39, 0.29) is 16.5 Å². The van der Waals surface area contributed by atoms with Gasteiger partial charge in [0, 0.05) is 16.2 Å². The third-order valence-corrected chi connectivity index (χ3v) is 6.35. The molecule has 5 nitrogen and oxygen atoms in total. The summed E-state index contributed by atoms with van der Waals surface area (Å²) < 4.78 is 27.5. The highest BCUT2D eigenvalue weighted by Gasteiger charge is 2.37. The van der Waals surface area contributed by atoms with E-state index in [9.17, 15) is 13.2 Å². The van der Waals surface area contributed by atoms with Gasteiger partial charge >= 0.3 is 5.97 Å². The quantitative estimate of drug-likeness (QED) is 0.685. The summed E-state index contributed by atoms with van der Waals surface area (Å²) in [6, 6.07) is 4.38. The van der Waals surface area contributed by atoms with Crippen LogP contribution in [0.3, 0.4) is 0 Å². The van der Waals surface area contributed by atoms with Crippen molar-refractivity contribution in [2.75, 3.05) is 6.54 Å². The third-order valence-electron chi connectivity index (χ3n) is 3.46. The first-order chi connectivity index (χ1) is 9.87. The zero-order valence-corrected chi connectivity index (χ0v) is 14.7. The number of carboxylic acids is 1. The molecule has 116 valence electrons. The van der Waals surface area contributed by atoms with E-state index in [0.29, 0.717) is 10.1 Å². The van der Waals surface area contributed by atoms with Crippen LogP contribution in [0, 0.1) is 3.57 Å². The molecule has 0 spiro atoms. The smallest absolute Gasteiger partial charge is 0.336 e. The largest absolute Gasteiger partial charge is 0.478 e. The number of hydrogen-bond acceptors (Lipinski definition) is 3. The number of nitrogens with zero attached hydrogens (tertiary/aromatic N) is 1. The molecule has 1 saturated carbocycles. The van der Waals surface area contributed by atoms with Crippen LogP contribution in [-0.2, 0) is 10.0 Å². The van der Waals surface area contributed by atoms with Crippen LogP contribution in [0.5, 0.6) is 0 Å². The molecule has 0 amide bonds. The Balaban J connectivity index is 2.37. The van der Waals surface area contributed by atoms with Crippen LogP contribution in [0.2, 0.25) is 0 Å². The Labute approximate surface area is 138 Å². The zero-order chi connectivity index (χ0) is 15.6. The Morgan fingerprint density at radius 3 is 2.62 bits per heavy atom. The minimum absolute atomic E-state index is 0.0305. The fraction of sp³-hybridized carbons (Fsp3) is 0.500. The van der Waals surface area contributed by atoms with Crippen molar-refractivity contribution in [3.8, 4) is 0 Å². The summed E-state index contributed by atoms with van der Waals surface area (Å²) in [5, 5.41) is 9.14. The molecule has 0 atom stereocenters. The van der Waals surface area contributed by atoms with E-state index in [1.807, 2.05) is 29.5 Å². The summed E-state index contributed by atoms with van der Waals surface area (Å²) >= 11 is 1.90. The molecule has 0 heterocycles. The molecule has 7 heteroatoms. The first-order valence-corrected chi connectivity index (χ1v) is 9.44. The maximum atomic E-state index is 12.7. The molecule has 0 unspecified atom stereocenters. The molecule has 1 aromatic rings. The number of hydrogen-bond donors (Lipinski definition) is 1. The maximum absolute atomic E-state index is 12.7. The Bertz CT molecular complexity index is 640. The highest BCUT2D eigenvalue weighted by atomic mass is 127. The lowest BCUT2D eigenvalue weighted by Crippen LogP contribution is -2.34. The molecule has 21 heavy (non-hydrogen) atoms. The highest BCUT2D eigenvalue weighted by molar-refractivity contribution is 14.1. The van der Waals surface area contributed by atoms with E-state index in [1.165, 1.54) is 16.4 Å². The number of aromatic carboxylic acids is 1. The molecule has 1 aromatic carbocycles. The molecule has 1 N–H and O–H groups in total. The minimum Gasteiger partial charge on any atom is -0.478 e. The van der Waals surface area contributed by atoms with Crippen molar-refractivity contribution < 1.29 is 18.3 Å². The third kappa shape index (κ3) is 3.75. The van der Waals surface area contributed by atoms with Gasteiger partial charge < -0.3 is 5.11 Å². The van der Waals surface area contributed by atoms with Gasteiger partial charge in [-0.2, -0.15) is 4.31 Å². The first-order valence-electron chi connectivity index (χ1n) is 6.92. The van der Waals surface area contributed by atoms with Gasteiger partial charge in [-0.15, -0.1) is 0 Å². The molecule has 1 aliphatic rings. The fourth-order valence-electron chi connectivity index (χ4n) is 2.14. The average molecular weight is 423 g/mol. The SMILES string of the molecule is CCCCN(C1CC1)S(=O)(=O)c1ccc(I)c(C(=O)O)c1. The molecule has 0 radical (unpaired) electrons. The van der Waals surface area contributed by atoms with Gasteiger partial charge in [-0.25, -0.2) is 13.2 Å². The Hall–Kier alpha value is -0.670.